The maximum absolute atomic E-state index is 6.20. The molecule has 3 nitrogen and oxygen atoms in total. The quantitative estimate of drug-likeness (QED) is 0.734. The summed E-state index contributed by atoms with van der Waals surface area (Å²) in [7, 11) is 0. The molecule has 0 aliphatic rings. The molecule has 0 amide bonds. The predicted molar refractivity (Wildman–Crippen MR) is 88.7 cm³/mol. The van der Waals surface area contributed by atoms with Gasteiger partial charge in [0.15, 0.2) is 0 Å². The number of hydrogen-bond donors (Lipinski definition) is 1. The molecule has 0 unspecified atom stereocenters. The maximum Gasteiger partial charge on any atom is 0.0835 e. The van der Waals surface area contributed by atoms with Crippen molar-refractivity contribution in [3.8, 4) is 0 Å². The van der Waals surface area contributed by atoms with Crippen LogP contribution in [0.25, 0.3) is 0 Å². The summed E-state index contributed by atoms with van der Waals surface area (Å²) in [6.07, 6.45) is 3.88. The van der Waals surface area contributed by atoms with Crippen LogP contribution >= 0.6 is 39.1 Å². The van der Waals surface area contributed by atoms with Crippen LogP contribution in [0.2, 0.25) is 10.0 Å². The first-order valence-corrected chi connectivity index (χ1v) is 7.75. The average Bonchev–Trinajstić information content (AvgIpc) is 2.84. The van der Waals surface area contributed by atoms with E-state index in [9.17, 15) is 0 Å². The first-order valence-electron chi connectivity index (χ1n) is 6.20. The van der Waals surface area contributed by atoms with Gasteiger partial charge in [-0.25, -0.2) is 0 Å². The molecule has 20 heavy (non-hydrogen) atoms. The molecular formula is C14H16BrCl2N3. The van der Waals surface area contributed by atoms with E-state index in [2.05, 4.69) is 47.1 Å². The van der Waals surface area contributed by atoms with E-state index in [1.165, 1.54) is 0 Å². The molecular weight excluding hydrogens is 361 g/mol. The summed E-state index contributed by atoms with van der Waals surface area (Å²) < 4.78 is 2.73. The van der Waals surface area contributed by atoms with Crippen molar-refractivity contribution < 1.29 is 0 Å². The smallest absolute Gasteiger partial charge is 0.0835 e. The average molecular weight is 377 g/mol. The molecule has 0 saturated carbocycles. The van der Waals surface area contributed by atoms with Gasteiger partial charge in [0.05, 0.1) is 27.5 Å². The summed E-state index contributed by atoms with van der Waals surface area (Å²) in [5.74, 6) is 0. The first-order chi connectivity index (χ1) is 9.29. The molecule has 0 aliphatic heterocycles. The Morgan fingerprint density at radius 1 is 1.25 bits per heavy atom. The highest BCUT2D eigenvalue weighted by molar-refractivity contribution is 9.10. The molecule has 1 heterocycles. The predicted octanol–water partition coefficient (Wildman–Crippen LogP) is 5.32. The lowest BCUT2D eigenvalue weighted by Gasteiger charge is -2.18. The Hall–Kier alpha value is -0.710. The molecule has 1 aromatic carbocycles. The molecule has 0 aliphatic carbocycles. The van der Waals surface area contributed by atoms with Gasteiger partial charge in [-0.15, -0.1) is 0 Å². The van der Waals surface area contributed by atoms with Crippen LogP contribution in [0.3, 0.4) is 0 Å². The summed E-state index contributed by atoms with van der Waals surface area (Å²) in [6, 6.07) is 3.77. The van der Waals surface area contributed by atoms with Gasteiger partial charge >= 0.3 is 0 Å². The van der Waals surface area contributed by atoms with Crippen LogP contribution in [0.1, 0.15) is 26.3 Å². The van der Waals surface area contributed by atoms with Gasteiger partial charge in [-0.1, -0.05) is 23.2 Å². The number of aromatic nitrogens is 2. The zero-order valence-corrected chi connectivity index (χ0v) is 14.6. The Morgan fingerprint density at radius 2 is 1.95 bits per heavy atom. The van der Waals surface area contributed by atoms with Gasteiger partial charge in [0.25, 0.3) is 0 Å². The van der Waals surface area contributed by atoms with Crippen LogP contribution in [0.4, 0.5) is 5.69 Å². The van der Waals surface area contributed by atoms with Crippen LogP contribution in [-0.4, -0.2) is 9.78 Å². The van der Waals surface area contributed by atoms with Gasteiger partial charge in [0, 0.05) is 22.8 Å². The van der Waals surface area contributed by atoms with Crippen molar-refractivity contribution in [2.24, 2.45) is 0 Å². The van der Waals surface area contributed by atoms with Crippen LogP contribution in [0, 0.1) is 0 Å². The normalized spacial score (nSPS) is 11.7. The van der Waals surface area contributed by atoms with Gasteiger partial charge < -0.3 is 5.32 Å². The first kappa shape index (κ1) is 15.7. The zero-order valence-electron chi connectivity index (χ0n) is 11.5. The maximum atomic E-state index is 6.20. The second-order valence-corrected chi connectivity index (χ2v) is 7.15. The summed E-state index contributed by atoms with van der Waals surface area (Å²) in [5.41, 5.74) is 1.88. The number of benzene rings is 1. The Labute approximate surface area is 137 Å². The highest BCUT2D eigenvalue weighted by atomic mass is 79.9. The van der Waals surface area contributed by atoms with Gasteiger partial charge in [0.1, 0.15) is 0 Å². The van der Waals surface area contributed by atoms with E-state index in [0.29, 0.717) is 16.6 Å². The van der Waals surface area contributed by atoms with Gasteiger partial charge in [0.2, 0.25) is 0 Å². The van der Waals surface area contributed by atoms with Crippen LogP contribution in [-0.2, 0) is 12.1 Å². The van der Waals surface area contributed by atoms with Crippen molar-refractivity contribution in [3.05, 3.63) is 44.6 Å². The van der Waals surface area contributed by atoms with Crippen molar-refractivity contribution in [1.29, 1.82) is 0 Å². The monoisotopic (exact) mass is 375 g/mol. The number of anilines is 1. The minimum absolute atomic E-state index is 0.0170. The molecule has 108 valence electrons. The molecule has 0 spiro atoms. The third kappa shape index (κ3) is 3.48. The lowest BCUT2D eigenvalue weighted by molar-refractivity contribution is 0.355. The molecule has 2 rings (SSSR count). The minimum Gasteiger partial charge on any atom is -0.380 e. The molecule has 0 fully saturated rings. The third-order valence-corrected chi connectivity index (χ3v) is 4.61. The van der Waals surface area contributed by atoms with E-state index in [1.54, 1.807) is 0 Å². The topological polar surface area (TPSA) is 29.9 Å². The number of hydrogen-bond acceptors (Lipinski definition) is 2. The fourth-order valence-corrected chi connectivity index (χ4v) is 2.52. The van der Waals surface area contributed by atoms with Crippen LogP contribution < -0.4 is 5.32 Å². The fraction of sp³-hybridized carbons (Fsp3) is 0.357. The Morgan fingerprint density at radius 3 is 2.55 bits per heavy atom. The van der Waals surface area contributed by atoms with Crippen molar-refractivity contribution in [3.63, 3.8) is 0 Å². The van der Waals surface area contributed by atoms with Gasteiger partial charge in [-0.05, 0) is 48.8 Å². The largest absolute Gasteiger partial charge is 0.380 e. The van der Waals surface area contributed by atoms with Gasteiger partial charge in [-0.2, -0.15) is 5.10 Å². The Kier molecular flexibility index (Phi) is 4.67. The SMILES string of the molecule is CC(C)(C)n1cc(CNc2ccc(Br)c(Cl)c2Cl)cn1. The van der Waals surface area contributed by atoms with Crippen molar-refractivity contribution in [2.45, 2.75) is 32.9 Å². The van der Waals surface area contributed by atoms with E-state index < -0.39 is 0 Å². The minimum atomic E-state index is -0.0170. The van der Waals surface area contributed by atoms with E-state index in [0.717, 1.165) is 15.7 Å². The fourth-order valence-electron chi connectivity index (χ4n) is 1.68. The molecule has 0 saturated heterocycles. The van der Waals surface area contributed by atoms with E-state index >= 15 is 0 Å². The summed E-state index contributed by atoms with van der Waals surface area (Å²) in [6.45, 7) is 6.99. The Bertz CT molecular complexity index is 617. The lowest BCUT2D eigenvalue weighted by Crippen LogP contribution is -2.21. The van der Waals surface area contributed by atoms with Gasteiger partial charge in [-0.3, -0.25) is 4.68 Å². The standard InChI is InChI=1S/C14H16BrCl2N3/c1-14(2,3)20-8-9(7-19-20)6-18-11-5-4-10(15)12(16)13(11)17/h4-5,7-8,18H,6H2,1-3H3. The second-order valence-electron chi connectivity index (χ2n) is 5.54. The number of nitrogens with one attached hydrogen (secondary N) is 1. The molecule has 0 radical (unpaired) electrons. The summed E-state index contributed by atoms with van der Waals surface area (Å²) in [4.78, 5) is 0. The lowest BCUT2D eigenvalue weighted by atomic mass is 10.1. The zero-order chi connectivity index (χ0) is 14.9. The molecule has 1 N–H and O–H groups in total. The van der Waals surface area contributed by atoms with Crippen molar-refractivity contribution in [1.82, 2.24) is 9.78 Å². The summed E-state index contributed by atoms with van der Waals surface area (Å²) in [5, 5.41) is 8.67. The van der Waals surface area contributed by atoms with E-state index in [4.69, 9.17) is 23.2 Å². The number of rotatable bonds is 3. The molecule has 2 aromatic rings. The van der Waals surface area contributed by atoms with Crippen LogP contribution in [0.5, 0.6) is 0 Å². The molecule has 0 atom stereocenters. The van der Waals surface area contributed by atoms with Crippen LogP contribution in [0.15, 0.2) is 29.0 Å². The number of nitrogens with zero attached hydrogens (tertiary/aromatic N) is 2. The van der Waals surface area contributed by atoms with Crippen molar-refractivity contribution in [2.75, 3.05) is 5.32 Å². The highest BCUT2D eigenvalue weighted by Gasteiger charge is 2.14. The van der Waals surface area contributed by atoms with E-state index in [-0.39, 0.29) is 5.54 Å². The number of halogens is 3. The highest BCUT2D eigenvalue weighted by Crippen LogP contribution is 2.35. The third-order valence-electron chi connectivity index (χ3n) is 2.84. The molecule has 6 heteroatoms. The molecule has 0 bridgehead atoms. The summed E-state index contributed by atoms with van der Waals surface area (Å²) >= 11 is 15.6. The van der Waals surface area contributed by atoms with Crippen molar-refractivity contribution >= 4 is 44.8 Å². The van der Waals surface area contributed by atoms with E-state index in [1.807, 2.05) is 29.2 Å². The Balaban J connectivity index is 2.10. The second kappa shape index (κ2) is 5.96. The molecule has 1 aromatic heterocycles.